The summed E-state index contributed by atoms with van der Waals surface area (Å²) in [5.74, 6) is 0.497. The van der Waals surface area contributed by atoms with Crippen LogP contribution in [0.5, 0.6) is 0 Å². The molecule has 0 fully saturated rings. The first-order chi connectivity index (χ1) is 16.1. The SMILES string of the molecule is C=C(NCc1ccncc1)c1cccc(N/C(N)=C/C=C(\N)c2ccccc2)c1.CC.CC. The average Bonchev–Trinajstić information content (AvgIpc) is 2.89. The second-order valence-electron chi connectivity index (χ2n) is 6.50. The molecule has 0 saturated carbocycles. The molecule has 0 unspecified atom stereocenters. The number of rotatable bonds is 8. The van der Waals surface area contributed by atoms with Crippen molar-refractivity contribution in [2.24, 2.45) is 11.5 Å². The topological polar surface area (TPSA) is 89.0 Å². The van der Waals surface area contributed by atoms with E-state index in [4.69, 9.17) is 11.5 Å². The number of anilines is 1. The largest absolute Gasteiger partial charge is 0.398 e. The van der Waals surface area contributed by atoms with Gasteiger partial charge < -0.3 is 22.1 Å². The maximum atomic E-state index is 6.10. The first-order valence-electron chi connectivity index (χ1n) is 11.3. The van der Waals surface area contributed by atoms with Gasteiger partial charge >= 0.3 is 0 Å². The Bertz CT molecular complexity index is 1010. The van der Waals surface area contributed by atoms with Gasteiger partial charge in [-0.3, -0.25) is 4.98 Å². The van der Waals surface area contributed by atoms with Crippen LogP contribution in [0, 0.1) is 0 Å². The van der Waals surface area contributed by atoms with Crippen LogP contribution in [-0.2, 0) is 6.54 Å². The van der Waals surface area contributed by atoms with E-state index in [0.29, 0.717) is 18.1 Å². The molecule has 0 amide bonds. The maximum Gasteiger partial charge on any atom is 0.101 e. The van der Waals surface area contributed by atoms with E-state index in [1.807, 2.05) is 94.4 Å². The number of hydrogen-bond acceptors (Lipinski definition) is 5. The third kappa shape index (κ3) is 9.78. The van der Waals surface area contributed by atoms with E-state index >= 15 is 0 Å². The van der Waals surface area contributed by atoms with Gasteiger partial charge in [-0.25, -0.2) is 0 Å². The molecular formula is C28H37N5. The van der Waals surface area contributed by atoms with Crippen LogP contribution in [0.1, 0.15) is 44.4 Å². The van der Waals surface area contributed by atoms with E-state index in [1.165, 1.54) is 0 Å². The highest BCUT2D eigenvalue weighted by Crippen LogP contribution is 2.17. The summed E-state index contributed by atoms with van der Waals surface area (Å²) in [7, 11) is 0. The van der Waals surface area contributed by atoms with Gasteiger partial charge in [0.15, 0.2) is 0 Å². The molecular weight excluding hydrogens is 406 g/mol. The zero-order chi connectivity index (χ0) is 24.5. The van der Waals surface area contributed by atoms with Crippen LogP contribution in [0.2, 0.25) is 0 Å². The Labute approximate surface area is 199 Å². The van der Waals surface area contributed by atoms with E-state index in [9.17, 15) is 0 Å². The van der Waals surface area contributed by atoms with Crippen molar-refractivity contribution in [3.63, 3.8) is 0 Å². The first-order valence-corrected chi connectivity index (χ1v) is 11.3. The van der Waals surface area contributed by atoms with Crippen LogP contribution in [0.25, 0.3) is 11.4 Å². The van der Waals surface area contributed by atoms with Gasteiger partial charge in [-0.1, -0.05) is 76.7 Å². The van der Waals surface area contributed by atoms with Gasteiger partial charge in [0.25, 0.3) is 0 Å². The third-order valence-corrected chi connectivity index (χ3v) is 4.30. The number of benzene rings is 2. The zero-order valence-corrected chi connectivity index (χ0v) is 20.2. The predicted molar refractivity (Wildman–Crippen MR) is 144 cm³/mol. The highest BCUT2D eigenvalue weighted by Gasteiger charge is 2.02. The Morgan fingerprint density at radius 1 is 0.848 bits per heavy atom. The molecule has 0 spiro atoms. The number of nitrogens with two attached hydrogens (primary N) is 2. The summed E-state index contributed by atoms with van der Waals surface area (Å²) in [5, 5.41) is 6.51. The quantitative estimate of drug-likeness (QED) is 0.316. The molecule has 5 heteroatoms. The van der Waals surface area contributed by atoms with E-state index in [2.05, 4.69) is 22.2 Å². The second kappa shape index (κ2) is 15.8. The van der Waals surface area contributed by atoms with Crippen molar-refractivity contribution in [1.82, 2.24) is 10.3 Å². The maximum absolute atomic E-state index is 6.10. The molecule has 2 aromatic carbocycles. The van der Waals surface area contributed by atoms with Crippen LogP contribution in [0.4, 0.5) is 5.69 Å². The van der Waals surface area contributed by atoms with Gasteiger partial charge in [-0.2, -0.15) is 0 Å². The molecule has 0 bridgehead atoms. The zero-order valence-electron chi connectivity index (χ0n) is 20.2. The highest BCUT2D eigenvalue weighted by atomic mass is 15.0. The van der Waals surface area contributed by atoms with Crippen molar-refractivity contribution < 1.29 is 0 Å². The number of allylic oxidation sites excluding steroid dienone is 2. The monoisotopic (exact) mass is 443 g/mol. The Balaban J connectivity index is 0.00000129. The Hall–Kier alpha value is -3.99. The molecule has 5 nitrogen and oxygen atoms in total. The summed E-state index contributed by atoms with van der Waals surface area (Å²) in [5.41, 5.74) is 17.6. The Morgan fingerprint density at radius 2 is 1.48 bits per heavy atom. The standard InChI is InChI=1S/C24H25N5.2C2H6/c1-18(28-17-19-12-14-27-15-13-19)21-8-5-9-22(16-21)29-24(26)11-10-23(25)20-6-3-2-4-7-20;2*1-2/h2-16,28-29H,1,17,25-26H2;2*1-2H3/b23-10-,24-11+;;. The smallest absolute Gasteiger partial charge is 0.101 e. The molecule has 3 aromatic rings. The minimum Gasteiger partial charge on any atom is -0.398 e. The number of pyridine rings is 1. The molecule has 0 aliphatic carbocycles. The Kier molecular flexibility index (Phi) is 12.9. The summed E-state index contributed by atoms with van der Waals surface area (Å²) >= 11 is 0. The molecule has 174 valence electrons. The molecule has 1 aromatic heterocycles. The molecule has 33 heavy (non-hydrogen) atoms. The lowest BCUT2D eigenvalue weighted by Crippen LogP contribution is -2.12. The first kappa shape index (κ1) is 27.0. The van der Waals surface area contributed by atoms with E-state index < -0.39 is 0 Å². The lowest BCUT2D eigenvalue weighted by molar-refractivity contribution is 0.888. The fourth-order valence-electron chi connectivity index (χ4n) is 2.71. The molecule has 0 aliphatic heterocycles. The minimum absolute atomic E-state index is 0.497. The lowest BCUT2D eigenvalue weighted by Gasteiger charge is -2.12. The van der Waals surface area contributed by atoms with Crippen LogP contribution in [0.15, 0.2) is 104 Å². The molecule has 0 aliphatic rings. The van der Waals surface area contributed by atoms with Gasteiger partial charge in [-0.05, 0) is 53.1 Å². The van der Waals surface area contributed by atoms with E-state index in [0.717, 1.165) is 28.1 Å². The van der Waals surface area contributed by atoms with Crippen molar-refractivity contribution >= 4 is 17.1 Å². The van der Waals surface area contributed by atoms with Crippen molar-refractivity contribution in [3.05, 3.63) is 120 Å². The van der Waals surface area contributed by atoms with Crippen molar-refractivity contribution in [2.75, 3.05) is 5.32 Å². The average molecular weight is 444 g/mol. The molecule has 0 saturated heterocycles. The van der Waals surface area contributed by atoms with E-state index in [-0.39, 0.29) is 0 Å². The summed E-state index contributed by atoms with van der Waals surface area (Å²) in [4.78, 5) is 4.03. The van der Waals surface area contributed by atoms with Gasteiger partial charge in [0.05, 0.1) is 0 Å². The van der Waals surface area contributed by atoms with Crippen LogP contribution in [-0.4, -0.2) is 4.98 Å². The lowest BCUT2D eigenvalue weighted by atomic mass is 10.1. The van der Waals surface area contributed by atoms with Crippen LogP contribution < -0.4 is 22.1 Å². The van der Waals surface area contributed by atoms with E-state index in [1.54, 1.807) is 24.5 Å². The number of aromatic nitrogens is 1. The van der Waals surface area contributed by atoms with Crippen molar-refractivity contribution in [1.29, 1.82) is 0 Å². The van der Waals surface area contributed by atoms with Gasteiger partial charge in [0.1, 0.15) is 5.82 Å². The summed E-state index contributed by atoms with van der Waals surface area (Å²) in [6.07, 6.45) is 7.10. The molecule has 1 heterocycles. The van der Waals surface area contributed by atoms with Crippen molar-refractivity contribution in [2.45, 2.75) is 34.2 Å². The van der Waals surface area contributed by atoms with Crippen molar-refractivity contribution in [3.8, 4) is 0 Å². The number of nitrogens with one attached hydrogen (secondary N) is 2. The summed E-state index contributed by atoms with van der Waals surface area (Å²) in [6.45, 7) is 12.8. The molecule has 0 atom stereocenters. The molecule has 6 N–H and O–H groups in total. The molecule has 3 rings (SSSR count). The number of hydrogen-bond donors (Lipinski definition) is 4. The van der Waals surface area contributed by atoms with Crippen LogP contribution >= 0.6 is 0 Å². The van der Waals surface area contributed by atoms with Gasteiger partial charge in [-0.15, -0.1) is 0 Å². The highest BCUT2D eigenvalue weighted by molar-refractivity contribution is 5.67. The normalized spacial score (nSPS) is 10.7. The predicted octanol–water partition coefficient (Wildman–Crippen LogP) is 6.11. The van der Waals surface area contributed by atoms with Gasteiger partial charge in [0.2, 0.25) is 0 Å². The minimum atomic E-state index is 0.497. The summed E-state index contributed by atoms with van der Waals surface area (Å²) in [6, 6.07) is 21.6. The van der Waals surface area contributed by atoms with Crippen LogP contribution in [0.3, 0.4) is 0 Å². The molecule has 0 radical (unpaired) electrons. The fourth-order valence-corrected chi connectivity index (χ4v) is 2.71. The third-order valence-electron chi connectivity index (χ3n) is 4.30. The van der Waals surface area contributed by atoms with Gasteiger partial charge in [0, 0.05) is 36.0 Å². The second-order valence-corrected chi connectivity index (χ2v) is 6.50. The Morgan fingerprint density at radius 3 is 2.15 bits per heavy atom. The fraction of sp³-hybridized carbons (Fsp3) is 0.179. The number of nitrogens with zero attached hydrogens (tertiary/aromatic N) is 1. The summed E-state index contributed by atoms with van der Waals surface area (Å²) < 4.78 is 0.